The Kier molecular flexibility index (Phi) is 1.53. The van der Waals surface area contributed by atoms with E-state index in [0.29, 0.717) is 0 Å². The van der Waals surface area contributed by atoms with Crippen LogP contribution in [-0.2, 0) is 11.3 Å². The van der Waals surface area contributed by atoms with E-state index < -0.39 is 0 Å². The molecule has 3 nitrogen and oxygen atoms in total. The zero-order valence-corrected chi connectivity index (χ0v) is 4.95. The molecule has 1 rings (SSSR count). The first kappa shape index (κ1) is 5.88. The third-order valence-corrected chi connectivity index (χ3v) is 1.00. The van der Waals surface area contributed by atoms with Crippen molar-refractivity contribution in [3.8, 4) is 0 Å². The number of primary amides is 1. The van der Waals surface area contributed by atoms with Gasteiger partial charge >= 0.3 is 0 Å². The first-order valence-corrected chi connectivity index (χ1v) is 2.68. The number of carbonyl (C=O) groups excluding carboxylic acids is 1. The zero-order chi connectivity index (χ0) is 6.69. The lowest BCUT2D eigenvalue weighted by Gasteiger charge is -1.94. The molecule has 1 aromatic rings. The highest BCUT2D eigenvalue weighted by atomic mass is 16.1. The third-order valence-electron chi connectivity index (χ3n) is 1.00. The molecule has 0 unspecified atom stereocenters. The van der Waals surface area contributed by atoms with Crippen LogP contribution in [-0.4, -0.2) is 10.5 Å². The summed E-state index contributed by atoms with van der Waals surface area (Å²) in [6, 6.07) is 3.70. The second-order valence-electron chi connectivity index (χ2n) is 1.82. The Morgan fingerprint density at radius 1 is 1.44 bits per heavy atom. The van der Waals surface area contributed by atoms with Crippen LogP contribution < -0.4 is 5.73 Å². The van der Waals surface area contributed by atoms with E-state index in [4.69, 9.17) is 5.73 Å². The van der Waals surface area contributed by atoms with Gasteiger partial charge in [-0.3, -0.25) is 4.79 Å². The minimum absolute atomic E-state index is 0.271. The van der Waals surface area contributed by atoms with Crippen molar-refractivity contribution in [2.45, 2.75) is 6.54 Å². The van der Waals surface area contributed by atoms with E-state index in [1.165, 1.54) is 0 Å². The maximum absolute atomic E-state index is 10.3. The van der Waals surface area contributed by atoms with Crippen molar-refractivity contribution in [3.05, 3.63) is 24.5 Å². The Morgan fingerprint density at radius 3 is 2.44 bits per heavy atom. The lowest BCUT2D eigenvalue weighted by molar-refractivity contribution is -0.118. The fraction of sp³-hybridized carbons (Fsp3) is 0.167. The van der Waals surface area contributed by atoms with E-state index in [-0.39, 0.29) is 12.5 Å². The van der Waals surface area contributed by atoms with Crippen molar-refractivity contribution < 1.29 is 4.79 Å². The first-order valence-electron chi connectivity index (χ1n) is 2.68. The normalized spacial score (nSPS) is 9.33. The summed E-state index contributed by atoms with van der Waals surface area (Å²) in [5, 5.41) is 0. The Bertz CT molecular complexity index is 191. The van der Waals surface area contributed by atoms with E-state index in [1.54, 1.807) is 17.0 Å². The van der Waals surface area contributed by atoms with Gasteiger partial charge < -0.3 is 10.3 Å². The molecule has 1 heterocycles. The number of nitrogens with two attached hydrogens (primary N) is 1. The average Bonchev–Trinajstić information content (AvgIpc) is 2.15. The highest BCUT2D eigenvalue weighted by Gasteiger charge is 1.91. The lowest BCUT2D eigenvalue weighted by Crippen LogP contribution is -2.17. The molecule has 48 valence electrons. The van der Waals surface area contributed by atoms with E-state index in [9.17, 15) is 4.79 Å². The van der Waals surface area contributed by atoms with Crippen LogP contribution in [0.25, 0.3) is 0 Å². The highest BCUT2D eigenvalue weighted by molar-refractivity contribution is 5.73. The molecule has 0 spiro atoms. The second-order valence-corrected chi connectivity index (χ2v) is 1.82. The van der Waals surface area contributed by atoms with Gasteiger partial charge in [-0.2, -0.15) is 0 Å². The molecule has 1 aromatic heterocycles. The van der Waals surface area contributed by atoms with Crippen molar-refractivity contribution in [1.82, 2.24) is 4.57 Å². The molecule has 9 heavy (non-hydrogen) atoms. The topological polar surface area (TPSA) is 48.0 Å². The summed E-state index contributed by atoms with van der Waals surface area (Å²) < 4.78 is 1.72. The summed E-state index contributed by atoms with van der Waals surface area (Å²) in [6.07, 6.45) is 3.59. The molecule has 0 aliphatic carbocycles. The second kappa shape index (κ2) is 2.35. The number of carbonyl (C=O) groups is 1. The van der Waals surface area contributed by atoms with Gasteiger partial charge in [0.05, 0.1) is 0 Å². The quantitative estimate of drug-likeness (QED) is 0.591. The van der Waals surface area contributed by atoms with E-state index in [2.05, 4.69) is 0 Å². The summed E-state index contributed by atoms with van der Waals surface area (Å²) in [5.41, 5.74) is 4.92. The van der Waals surface area contributed by atoms with Crippen LogP contribution in [0.2, 0.25) is 0 Å². The van der Waals surface area contributed by atoms with Gasteiger partial charge in [-0.15, -0.1) is 0 Å². The molecule has 2 N–H and O–H groups in total. The van der Waals surface area contributed by atoms with Gasteiger partial charge in [0.15, 0.2) is 0 Å². The van der Waals surface area contributed by atoms with Gasteiger partial charge in [-0.1, -0.05) is 0 Å². The van der Waals surface area contributed by atoms with Crippen molar-refractivity contribution in [1.29, 1.82) is 0 Å². The summed E-state index contributed by atoms with van der Waals surface area (Å²) in [5.74, 6) is -0.314. The Morgan fingerprint density at radius 2 is 2.00 bits per heavy atom. The lowest BCUT2D eigenvalue weighted by atomic mass is 10.6. The van der Waals surface area contributed by atoms with E-state index >= 15 is 0 Å². The van der Waals surface area contributed by atoms with Crippen molar-refractivity contribution in [2.75, 3.05) is 0 Å². The first-order chi connectivity index (χ1) is 4.29. The summed E-state index contributed by atoms with van der Waals surface area (Å²) in [4.78, 5) is 10.3. The summed E-state index contributed by atoms with van der Waals surface area (Å²) >= 11 is 0. The highest BCUT2D eigenvalue weighted by Crippen LogP contribution is 1.87. The zero-order valence-electron chi connectivity index (χ0n) is 4.95. The van der Waals surface area contributed by atoms with Crippen LogP contribution in [0, 0.1) is 0 Å². The smallest absolute Gasteiger partial charge is 0.237 e. The van der Waals surface area contributed by atoms with Crippen molar-refractivity contribution in [3.63, 3.8) is 0 Å². The third kappa shape index (κ3) is 1.60. The van der Waals surface area contributed by atoms with Crippen LogP contribution in [0.15, 0.2) is 24.5 Å². The minimum Gasteiger partial charge on any atom is -0.368 e. The maximum Gasteiger partial charge on any atom is 0.237 e. The Labute approximate surface area is 53.1 Å². The fourth-order valence-corrected chi connectivity index (χ4v) is 0.656. The molecule has 0 aromatic carbocycles. The molecular weight excluding hydrogens is 116 g/mol. The fourth-order valence-electron chi connectivity index (χ4n) is 0.656. The Balaban J connectivity index is 2.58. The van der Waals surface area contributed by atoms with E-state index in [1.807, 2.05) is 12.1 Å². The summed E-state index contributed by atoms with van der Waals surface area (Å²) in [7, 11) is 0. The monoisotopic (exact) mass is 124 g/mol. The average molecular weight is 124 g/mol. The predicted molar refractivity (Wildman–Crippen MR) is 33.6 cm³/mol. The number of hydrogen-bond acceptors (Lipinski definition) is 1. The number of amides is 1. The standard InChI is InChI=1S/C6H8N2O/c7-6(9)5-8-3-1-2-4-8/h1-4H,5H2,(H2,7,9). The van der Waals surface area contributed by atoms with Gasteiger partial charge in [0, 0.05) is 12.4 Å². The van der Waals surface area contributed by atoms with Crippen molar-refractivity contribution in [2.24, 2.45) is 5.73 Å². The van der Waals surface area contributed by atoms with Gasteiger partial charge in [-0.25, -0.2) is 0 Å². The van der Waals surface area contributed by atoms with Crippen LogP contribution in [0.4, 0.5) is 0 Å². The van der Waals surface area contributed by atoms with Crippen LogP contribution in [0.5, 0.6) is 0 Å². The number of rotatable bonds is 2. The molecule has 0 aliphatic rings. The molecule has 0 fully saturated rings. The van der Waals surface area contributed by atoms with Crippen molar-refractivity contribution >= 4 is 5.91 Å². The predicted octanol–water partition coefficient (Wildman–Crippen LogP) is -0.0266. The minimum atomic E-state index is -0.314. The molecule has 0 aliphatic heterocycles. The van der Waals surface area contributed by atoms with Gasteiger partial charge in [0.2, 0.25) is 5.91 Å². The molecule has 0 saturated heterocycles. The number of nitrogens with zero attached hydrogens (tertiary/aromatic N) is 1. The maximum atomic E-state index is 10.3. The molecule has 3 heteroatoms. The van der Waals surface area contributed by atoms with Crippen LogP contribution in [0.3, 0.4) is 0 Å². The Hall–Kier alpha value is -1.25. The summed E-state index contributed by atoms with van der Waals surface area (Å²) in [6.45, 7) is 0.271. The van der Waals surface area contributed by atoms with Crippen LogP contribution >= 0.6 is 0 Å². The SMILES string of the molecule is NC(=O)Cn1cccc1. The molecule has 0 atom stereocenters. The van der Waals surface area contributed by atoms with Crippen LogP contribution in [0.1, 0.15) is 0 Å². The van der Waals surface area contributed by atoms with Gasteiger partial charge in [0.25, 0.3) is 0 Å². The molecule has 1 amide bonds. The molecule has 0 saturated carbocycles. The van der Waals surface area contributed by atoms with Gasteiger partial charge in [0.1, 0.15) is 6.54 Å². The number of aromatic nitrogens is 1. The van der Waals surface area contributed by atoms with Gasteiger partial charge in [-0.05, 0) is 12.1 Å². The molecule has 0 radical (unpaired) electrons. The largest absolute Gasteiger partial charge is 0.368 e. The number of hydrogen-bond donors (Lipinski definition) is 1. The van der Waals surface area contributed by atoms with E-state index in [0.717, 1.165) is 0 Å². The molecule has 0 bridgehead atoms. The molecular formula is C6H8N2O.